The number of rotatable bonds is 7. The van der Waals surface area contributed by atoms with Crippen LogP contribution in [0.15, 0.2) is 77.6 Å². The van der Waals surface area contributed by atoms with Gasteiger partial charge in [0.25, 0.3) is 0 Å². The average molecular weight is 388 g/mol. The van der Waals surface area contributed by atoms with E-state index in [0.29, 0.717) is 18.7 Å². The van der Waals surface area contributed by atoms with E-state index in [9.17, 15) is 4.79 Å². The van der Waals surface area contributed by atoms with Crippen molar-refractivity contribution >= 4 is 5.91 Å². The molecule has 2 heterocycles. The van der Waals surface area contributed by atoms with Crippen molar-refractivity contribution < 1.29 is 9.32 Å². The maximum atomic E-state index is 13.2. The Bertz CT molecular complexity index is 1050. The van der Waals surface area contributed by atoms with Crippen LogP contribution in [0.2, 0.25) is 0 Å². The number of aromatic nitrogens is 5. The van der Waals surface area contributed by atoms with Crippen LogP contribution in [-0.2, 0) is 17.8 Å². The summed E-state index contributed by atoms with van der Waals surface area (Å²) in [7, 11) is 1.73. The first kappa shape index (κ1) is 18.5. The van der Waals surface area contributed by atoms with Crippen molar-refractivity contribution in [3.8, 4) is 11.3 Å². The van der Waals surface area contributed by atoms with Gasteiger partial charge in [-0.05, 0) is 16.0 Å². The molecule has 0 aliphatic rings. The molecule has 0 N–H and O–H groups in total. The van der Waals surface area contributed by atoms with Crippen LogP contribution < -0.4 is 0 Å². The highest BCUT2D eigenvalue weighted by molar-refractivity contribution is 5.80. The predicted octanol–water partition coefficient (Wildman–Crippen LogP) is 2.77. The summed E-state index contributed by atoms with van der Waals surface area (Å²) in [5.41, 5.74) is 2.73. The standard InChI is InChI=1S/C21H20N6O2/c1-26(14-18-13-19(23-29-18)17-10-6-3-7-11-17)21(28)20(27-15-22-24-25-27)12-16-8-4-2-5-9-16/h2-11,13,15,20H,12,14H2,1H3/t20-/m1/s1. The Kier molecular flexibility index (Phi) is 5.42. The Morgan fingerprint density at radius 3 is 2.52 bits per heavy atom. The quantitative estimate of drug-likeness (QED) is 0.484. The Hall–Kier alpha value is -3.81. The third-order valence-electron chi connectivity index (χ3n) is 4.64. The van der Waals surface area contributed by atoms with Crippen molar-refractivity contribution in [3.05, 3.63) is 84.4 Å². The number of hydrogen-bond donors (Lipinski definition) is 0. The zero-order valence-electron chi connectivity index (χ0n) is 15.9. The van der Waals surface area contributed by atoms with Crippen LogP contribution in [0.25, 0.3) is 11.3 Å². The molecule has 0 fully saturated rings. The van der Waals surface area contributed by atoms with Gasteiger partial charge in [-0.3, -0.25) is 4.79 Å². The monoisotopic (exact) mass is 388 g/mol. The first-order valence-electron chi connectivity index (χ1n) is 9.23. The minimum Gasteiger partial charge on any atom is -0.359 e. The number of carbonyl (C=O) groups excluding carboxylic acids is 1. The van der Waals surface area contributed by atoms with Crippen molar-refractivity contribution in [1.82, 2.24) is 30.3 Å². The molecule has 8 heteroatoms. The molecular weight excluding hydrogens is 368 g/mol. The van der Waals surface area contributed by atoms with E-state index < -0.39 is 6.04 Å². The SMILES string of the molecule is CN(Cc1cc(-c2ccccc2)no1)C(=O)[C@@H](Cc1ccccc1)n1cnnn1. The lowest BCUT2D eigenvalue weighted by Crippen LogP contribution is -2.35. The van der Waals surface area contributed by atoms with Crippen molar-refractivity contribution in [1.29, 1.82) is 0 Å². The number of hydrogen-bond acceptors (Lipinski definition) is 6. The molecule has 29 heavy (non-hydrogen) atoms. The second-order valence-electron chi connectivity index (χ2n) is 6.73. The third kappa shape index (κ3) is 4.37. The predicted molar refractivity (Wildman–Crippen MR) is 105 cm³/mol. The van der Waals surface area contributed by atoms with E-state index in [1.54, 1.807) is 11.9 Å². The van der Waals surface area contributed by atoms with Crippen molar-refractivity contribution in [2.45, 2.75) is 19.0 Å². The van der Waals surface area contributed by atoms with E-state index in [4.69, 9.17) is 4.52 Å². The van der Waals surface area contributed by atoms with Gasteiger partial charge in [-0.2, -0.15) is 0 Å². The lowest BCUT2D eigenvalue weighted by molar-refractivity contribution is -0.134. The van der Waals surface area contributed by atoms with Gasteiger partial charge in [0.05, 0.1) is 6.54 Å². The largest absolute Gasteiger partial charge is 0.359 e. The Morgan fingerprint density at radius 2 is 1.83 bits per heavy atom. The fourth-order valence-electron chi connectivity index (χ4n) is 3.14. The molecule has 2 aromatic heterocycles. The highest BCUT2D eigenvalue weighted by atomic mass is 16.5. The van der Waals surface area contributed by atoms with Gasteiger partial charge in [0.1, 0.15) is 18.1 Å². The van der Waals surface area contributed by atoms with Crippen molar-refractivity contribution in [3.63, 3.8) is 0 Å². The van der Waals surface area contributed by atoms with Crippen LogP contribution in [0.1, 0.15) is 17.4 Å². The van der Waals surface area contributed by atoms with E-state index in [-0.39, 0.29) is 5.91 Å². The maximum Gasteiger partial charge on any atom is 0.248 e. The van der Waals surface area contributed by atoms with Gasteiger partial charge in [-0.25, -0.2) is 4.68 Å². The third-order valence-corrected chi connectivity index (χ3v) is 4.64. The highest BCUT2D eigenvalue weighted by Gasteiger charge is 2.26. The van der Waals surface area contributed by atoms with E-state index in [0.717, 1.165) is 16.8 Å². The molecule has 146 valence electrons. The molecule has 1 atom stereocenters. The minimum absolute atomic E-state index is 0.112. The molecule has 0 saturated heterocycles. The first-order chi connectivity index (χ1) is 14.2. The zero-order valence-corrected chi connectivity index (χ0v) is 15.9. The van der Waals surface area contributed by atoms with E-state index in [1.807, 2.05) is 66.7 Å². The van der Waals surface area contributed by atoms with Gasteiger partial charge in [0.2, 0.25) is 5.91 Å². The van der Waals surface area contributed by atoms with Crippen molar-refractivity contribution in [2.75, 3.05) is 7.05 Å². The number of carbonyl (C=O) groups is 1. The molecule has 0 bridgehead atoms. The first-order valence-corrected chi connectivity index (χ1v) is 9.23. The van der Waals surface area contributed by atoms with Crippen molar-refractivity contribution in [2.24, 2.45) is 0 Å². The summed E-state index contributed by atoms with van der Waals surface area (Å²) in [5, 5.41) is 15.4. The van der Waals surface area contributed by atoms with Gasteiger partial charge in [-0.1, -0.05) is 65.8 Å². The molecule has 0 aliphatic carbocycles. The molecule has 0 aliphatic heterocycles. The average Bonchev–Trinajstić information content (AvgIpc) is 3.45. The second-order valence-corrected chi connectivity index (χ2v) is 6.73. The molecular formula is C21H20N6O2. The summed E-state index contributed by atoms with van der Waals surface area (Å²) in [6.45, 7) is 0.298. The zero-order chi connectivity index (χ0) is 20.1. The van der Waals surface area contributed by atoms with Crippen LogP contribution in [-0.4, -0.2) is 43.2 Å². The number of amides is 1. The molecule has 0 unspecified atom stereocenters. The molecule has 0 saturated carbocycles. The smallest absolute Gasteiger partial charge is 0.248 e. The van der Waals surface area contributed by atoms with E-state index >= 15 is 0 Å². The second kappa shape index (κ2) is 8.47. The van der Waals surface area contributed by atoms with E-state index in [2.05, 4.69) is 20.7 Å². The molecule has 4 aromatic rings. The summed E-state index contributed by atoms with van der Waals surface area (Å²) in [5.74, 6) is 0.494. The molecule has 0 radical (unpaired) electrons. The molecule has 8 nitrogen and oxygen atoms in total. The van der Waals surface area contributed by atoms with Crippen LogP contribution in [0.4, 0.5) is 0 Å². The fourth-order valence-corrected chi connectivity index (χ4v) is 3.14. The van der Waals surface area contributed by atoms with Gasteiger partial charge < -0.3 is 9.42 Å². The van der Waals surface area contributed by atoms with Crippen LogP contribution in [0.3, 0.4) is 0 Å². The molecule has 1 amide bonds. The number of nitrogens with zero attached hydrogens (tertiary/aromatic N) is 6. The fraction of sp³-hybridized carbons (Fsp3) is 0.190. The highest BCUT2D eigenvalue weighted by Crippen LogP contribution is 2.21. The summed E-state index contributed by atoms with van der Waals surface area (Å²) < 4.78 is 6.93. The summed E-state index contributed by atoms with van der Waals surface area (Å²) >= 11 is 0. The Morgan fingerprint density at radius 1 is 1.10 bits per heavy atom. The van der Waals surface area contributed by atoms with Crippen LogP contribution >= 0.6 is 0 Å². The lowest BCUT2D eigenvalue weighted by atomic mass is 10.0. The van der Waals surface area contributed by atoms with Gasteiger partial charge in [-0.15, -0.1) is 5.10 Å². The lowest BCUT2D eigenvalue weighted by Gasteiger charge is -2.22. The summed E-state index contributed by atoms with van der Waals surface area (Å²) in [6, 6.07) is 20.9. The maximum absolute atomic E-state index is 13.2. The van der Waals surface area contributed by atoms with Crippen LogP contribution in [0, 0.1) is 0 Å². The van der Waals surface area contributed by atoms with Crippen LogP contribution in [0.5, 0.6) is 0 Å². The van der Waals surface area contributed by atoms with Gasteiger partial charge in [0.15, 0.2) is 5.76 Å². The number of benzene rings is 2. The molecule has 4 rings (SSSR count). The Labute approximate surface area is 167 Å². The normalized spacial score (nSPS) is 11.9. The van der Waals surface area contributed by atoms with Gasteiger partial charge >= 0.3 is 0 Å². The topological polar surface area (TPSA) is 89.9 Å². The minimum atomic E-state index is -0.547. The molecule has 2 aromatic carbocycles. The number of tetrazole rings is 1. The molecule has 0 spiro atoms. The Balaban J connectivity index is 1.50. The number of likely N-dealkylation sites (N-methyl/N-ethyl adjacent to an activating group) is 1. The summed E-state index contributed by atoms with van der Waals surface area (Å²) in [6.07, 6.45) is 1.95. The van der Waals surface area contributed by atoms with Gasteiger partial charge in [0, 0.05) is 25.1 Å². The summed E-state index contributed by atoms with van der Waals surface area (Å²) in [4.78, 5) is 14.8. The van der Waals surface area contributed by atoms with E-state index in [1.165, 1.54) is 11.0 Å².